The number of nitrogens with zero attached hydrogens (tertiary/aromatic N) is 6. The standard InChI is InChI=1S/C30H27FN6O4S5/c1-42-29(35-45(38,39)24-10-6-14-32-17-24)37-19-26(21-8-4-3-5-9-21)28(34-37)22-12-13-27(31)23(16-22)20-44-30(43-2)36-46(40,41)25-11-7-15-33-18-25/h3-18,26H,19-20H2,1-2H3. The van der Waals surface area contributed by atoms with Crippen LogP contribution in [0.4, 0.5) is 4.39 Å². The average Bonchev–Trinajstić information content (AvgIpc) is 3.53. The fourth-order valence-electron chi connectivity index (χ4n) is 4.43. The van der Waals surface area contributed by atoms with Gasteiger partial charge in [-0.2, -0.15) is 21.9 Å². The number of benzene rings is 2. The Morgan fingerprint density at radius 3 is 2.11 bits per heavy atom. The molecule has 3 heterocycles. The number of rotatable bonds is 8. The van der Waals surface area contributed by atoms with Crippen LogP contribution in [0.15, 0.2) is 121 Å². The molecule has 0 saturated carbocycles. The van der Waals surface area contributed by atoms with E-state index in [-0.39, 0.29) is 31.0 Å². The summed E-state index contributed by atoms with van der Waals surface area (Å²) in [6.45, 7) is 0.304. The Morgan fingerprint density at radius 1 is 0.870 bits per heavy atom. The first-order valence-electron chi connectivity index (χ1n) is 13.5. The molecule has 0 aliphatic carbocycles. The molecule has 0 N–H and O–H groups in total. The third-order valence-corrected chi connectivity index (χ3v) is 12.3. The Kier molecular flexibility index (Phi) is 10.9. The lowest BCUT2D eigenvalue weighted by molar-refractivity contribution is 0.484. The maximum Gasteiger partial charge on any atom is 0.286 e. The van der Waals surface area contributed by atoms with Crippen molar-refractivity contribution in [2.45, 2.75) is 21.5 Å². The summed E-state index contributed by atoms with van der Waals surface area (Å²) in [6.07, 6.45) is 8.83. The van der Waals surface area contributed by atoms with Crippen molar-refractivity contribution in [1.82, 2.24) is 15.0 Å². The van der Waals surface area contributed by atoms with Gasteiger partial charge in [0.1, 0.15) is 20.0 Å². The largest absolute Gasteiger partial charge is 0.286 e. The molecular weight excluding hydrogens is 688 g/mol. The number of sulfonamides is 2. The smallest absolute Gasteiger partial charge is 0.263 e. The second kappa shape index (κ2) is 14.9. The van der Waals surface area contributed by atoms with E-state index in [0.717, 1.165) is 40.8 Å². The van der Waals surface area contributed by atoms with Crippen molar-refractivity contribution < 1.29 is 21.2 Å². The van der Waals surface area contributed by atoms with E-state index < -0.39 is 25.9 Å². The van der Waals surface area contributed by atoms with Crippen molar-refractivity contribution in [2.24, 2.45) is 13.9 Å². The molecule has 4 aromatic rings. The van der Waals surface area contributed by atoms with E-state index >= 15 is 4.39 Å². The number of halogens is 1. The number of hydrazone groups is 1. The van der Waals surface area contributed by atoms with Crippen LogP contribution in [0, 0.1) is 5.82 Å². The SMILES string of the molecule is CSC(=NS(=O)(=O)c1cccnc1)SCc1cc(C2=NN(C(=NS(=O)(=O)c3cccnc3)SC)CC2c2ccccc2)ccc1F. The fraction of sp³-hybridized carbons (Fsp3) is 0.167. The van der Waals surface area contributed by atoms with E-state index in [1.165, 1.54) is 55.1 Å². The number of thioether (sulfide) groups is 3. The first kappa shape index (κ1) is 33.8. The van der Waals surface area contributed by atoms with Gasteiger partial charge in [0.25, 0.3) is 20.0 Å². The second-order valence-corrected chi connectivity index (χ2v) is 15.6. The van der Waals surface area contributed by atoms with Gasteiger partial charge in [0, 0.05) is 36.5 Å². The molecule has 0 saturated heterocycles. The zero-order valence-corrected chi connectivity index (χ0v) is 28.5. The molecule has 46 heavy (non-hydrogen) atoms. The van der Waals surface area contributed by atoms with Crippen LogP contribution >= 0.6 is 35.3 Å². The van der Waals surface area contributed by atoms with Crippen molar-refractivity contribution in [3.05, 3.63) is 120 Å². The molecule has 16 heteroatoms. The molecule has 1 aliphatic rings. The van der Waals surface area contributed by atoms with Crippen molar-refractivity contribution in [2.75, 3.05) is 19.1 Å². The Morgan fingerprint density at radius 2 is 1.52 bits per heavy atom. The van der Waals surface area contributed by atoms with Gasteiger partial charge in [-0.25, -0.2) is 9.40 Å². The van der Waals surface area contributed by atoms with Crippen molar-refractivity contribution in [3.8, 4) is 0 Å². The minimum Gasteiger partial charge on any atom is -0.263 e. The summed E-state index contributed by atoms with van der Waals surface area (Å²) in [5.74, 6) is -0.638. The van der Waals surface area contributed by atoms with Crippen molar-refractivity contribution in [3.63, 3.8) is 0 Å². The number of amidine groups is 1. The predicted molar refractivity (Wildman–Crippen MR) is 185 cm³/mol. The van der Waals surface area contributed by atoms with E-state index in [2.05, 4.69) is 18.8 Å². The summed E-state index contributed by atoms with van der Waals surface area (Å²) >= 11 is 3.39. The van der Waals surface area contributed by atoms with Gasteiger partial charge in [0.15, 0.2) is 5.17 Å². The lowest BCUT2D eigenvalue weighted by Crippen LogP contribution is -2.24. The van der Waals surface area contributed by atoms with Crippen LogP contribution in [0.5, 0.6) is 0 Å². The highest BCUT2D eigenvalue weighted by atomic mass is 32.2. The first-order valence-corrected chi connectivity index (χ1v) is 19.8. The quantitative estimate of drug-likeness (QED) is 0.161. The van der Waals surface area contributed by atoms with E-state index in [4.69, 9.17) is 5.10 Å². The molecule has 1 atom stereocenters. The van der Waals surface area contributed by atoms with Crippen LogP contribution in [0.1, 0.15) is 22.6 Å². The Hall–Kier alpha value is -3.57. The minimum atomic E-state index is -4.05. The zero-order chi connectivity index (χ0) is 32.7. The number of hydrogen-bond donors (Lipinski definition) is 0. The number of pyridine rings is 2. The first-order chi connectivity index (χ1) is 22.1. The predicted octanol–water partition coefficient (Wildman–Crippen LogP) is 5.87. The second-order valence-electron chi connectivity index (χ2n) is 9.59. The molecule has 0 spiro atoms. The normalized spacial score (nSPS) is 16.0. The average molecular weight is 715 g/mol. The lowest BCUT2D eigenvalue weighted by Gasteiger charge is -2.17. The summed E-state index contributed by atoms with van der Waals surface area (Å²) in [4.78, 5) is 7.67. The van der Waals surface area contributed by atoms with Gasteiger partial charge < -0.3 is 0 Å². The van der Waals surface area contributed by atoms with Crippen LogP contribution in [0.2, 0.25) is 0 Å². The highest BCUT2D eigenvalue weighted by molar-refractivity contribution is 8.38. The Labute approximate surface area is 279 Å². The summed E-state index contributed by atoms with van der Waals surface area (Å²) in [6, 6.07) is 20.1. The van der Waals surface area contributed by atoms with Crippen LogP contribution in [-0.2, 0) is 25.8 Å². The fourth-order valence-corrected chi connectivity index (χ4v) is 9.19. The van der Waals surface area contributed by atoms with Gasteiger partial charge in [-0.3, -0.25) is 9.97 Å². The zero-order valence-electron chi connectivity index (χ0n) is 24.5. The molecule has 2 aromatic carbocycles. The highest BCUT2D eigenvalue weighted by Crippen LogP contribution is 2.32. The van der Waals surface area contributed by atoms with Gasteiger partial charge in [-0.05, 0) is 65.6 Å². The topological polar surface area (TPSA) is 134 Å². The van der Waals surface area contributed by atoms with Crippen molar-refractivity contribution >= 4 is 70.6 Å². The minimum absolute atomic E-state index is 0.0348. The maximum atomic E-state index is 15.1. The molecule has 0 fully saturated rings. The molecule has 10 nitrogen and oxygen atoms in total. The molecule has 1 unspecified atom stereocenters. The van der Waals surface area contributed by atoms with Crippen LogP contribution in [0.3, 0.4) is 0 Å². The maximum absolute atomic E-state index is 15.1. The summed E-state index contributed by atoms with van der Waals surface area (Å²) in [7, 11) is -8.04. The molecule has 0 radical (unpaired) electrons. The van der Waals surface area contributed by atoms with Crippen LogP contribution < -0.4 is 0 Å². The molecule has 2 aromatic heterocycles. The third kappa shape index (κ3) is 8.04. The molecule has 0 bridgehead atoms. The number of hydrogen-bond acceptors (Lipinski definition) is 10. The molecular formula is C30H27FN6O4S5. The monoisotopic (exact) mass is 714 g/mol. The highest BCUT2D eigenvalue weighted by Gasteiger charge is 2.32. The Bertz CT molecular complexity index is 2000. The summed E-state index contributed by atoms with van der Waals surface area (Å²) in [5.41, 5.74) is 2.51. The van der Waals surface area contributed by atoms with Gasteiger partial charge >= 0.3 is 0 Å². The molecule has 238 valence electrons. The molecule has 5 rings (SSSR count). The van der Waals surface area contributed by atoms with Crippen LogP contribution in [-0.4, -0.2) is 66.1 Å². The number of aromatic nitrogens is 2. The third-order valence-electron chi connectivity index (χ3n) is 6.64. The summed E-state index contributed by atoms with van der Waals surface area (Å²) < 4.78 is 75.0. The van der Waals surface area contributed by atoms with E-state index in [9.17, 15) is 16.8 Å². The Balaban J connectivity index is 1.47. The van der Waals surface area contributed by atoms with Crippen molar-refractivity contribution in [1.29, 1.82) is 0 Å². The van der Waals surface area contributed by atoms with Crippen LogP contribution in [0.25, 0.3) is 0 Å². The van der Waals surface area contributed by atoms with Gasteiger partial charge in [-0.15, -0.1) is 20.6 Å². The lowest BCUT2D eigenvalue weighted by atomic mass is 9.90. The van der Waals surface area contributed by atoms with Gasteiger partial charge in [-0.1, -0.05) is 59.9 Å². The van der Waals surface area contributed by atoms with E-state index in [1.807, 2.05) is 30.3 Å². The van der Waals surface area contributed by atoms with E-state index in [1.54, 1.807) is 29.7 Å². The molecule has 0 amide bonds. The summed E-state index contributed by atoms with van der Waals surface area (Å²) in [5, 5.41) is 6.53. The molecule has 1 aliphatic heterocycles. The van der Waals surface area contributed by atoms with E-state index in [0.29, 0.717) is 23.4 Å². The van der Waals surface area contributed by atoms with Gasteiger partial charge in [0.2, 0.25) is 0 Å². The van der Waals surface area contributed by atoms with Gasteiger partial charge in [0.05, 0.1) is 12.3 Å².